The van der Waals surface area contributed by atoms with E-state index >= 15 is 0 Å². The van der Waals surface area contributed by atoms with Crippen molar-refractivity contribution in [1.29, 1.82) is 0 Å². The fraction of sp³-hybridized carbons (Fsp3) is 0.105. The highest BCUT2D eigenvalue weighted by Crippen LogP contribution is 2.35. The first-order valence-electron chi connectivity index (χ1n) is 7.99. The molecule has 130 valence electrons. The summed E-state index contributed by atoms with van der Waals surface area (Å²) in [5.74, 6) is 0. The minimum Gasteiger partial charge on any atom is -0.331 e. The number of amides is 2. The fourth-order valence-corrected chi connectivity index (χ4v) is 3.97. The number of anilines is 1. The Hall–Kier alpha value is -2.77. The zero-order valence-electron chi connectivity index (χ0n) is 14.3. The van der Waals surface area contributed by atoms with Gasteiger partial charge in [-0.25, -0.2) is 14.8 Å². The van der Waals surface area contributed by atoms with Crippen molar-refractivity contribution in [3.63, 3.8) is 0 Å². The van der Waals surface area contributed by atoms with Crippen LogP contribution in [0, 0.1) is 0 Å². The number of hydrogen-bond acceptors (Lipinski definition) is 5. The minimum absolute atomic E-state index is 0.175. The molecule has 26 heavy (non-hydrogen) atoms. The Bertz CT molecular complexity index is 1060. The molecule has 4 aromatic rings. The molecule has 0 aliphatic carbocycles. The number of rotatable bonds is 3. The van der Waals surface area contributed by atoms with Gasteiger partial charge in [-0.15, -0.1) is 22.7 Å². The first-order chi connectivity index (χ1) is 12.6. The SMILES string of the molecule is CN(C)C(=O)Nc1ccc2nc(-c3cccs3)c(-c3cccs3)nc2c1. The second kappa shape index (κ2) is 6.86. The number of carbonyl (C=O) groups is 1. The van der Waals surface area contributed by atoms with Gasteiger partial charge in [0.25, 0.3) is 0 Å². The van der Waals surface area contributed by atoms with Crippen molar-refractivity contribution in [3.05, 3.63) is 53.2 Å². The molecule has 0 aliphatic heterocycles. The van der Waals surface area contributed by atoms with Gasteiger partial charge in [-0.3, -0.25) is 0 Å². The van der Waals surface area contributed by atoms with Crippen molar-refractivity contribution >= 4 is 45.4 Å². The van der Waals surface area contributed by atoms with Gasteiger partial charge >= 0.3 is 6.03 Å². The number of carbonyl (C=O) groups excluding carboxylic acids is 1. The van der Waals surface area contributed by atoms with Crippen LogP contribution < -0.4 is 5.32 Å². The number of fused-ring (bicyclic) bond motifs is 1. The van der Waals surface area contributed by atoms with Crippen LogP contribution in [0.4, 0.5) is 10.5 Å². The molecule has 1 N–H and O–H groups in total. The maximum Gasteiger partial charge on any atom is 0.321 e. The van der Waals surface area contributed by atoms with Crippen LogP contribution in [0.5, 0.6) is 0 Å². The zero-order chi connectivity index (χ0) is 18.1. The molecular formula is C19H16N4OS2. The van der Waals surface area contributed by atoms with E-state index < -0.39 is 0 Å². The van der Waals surface area contributed by atoms with E-state index in [-0.39, 0.29) is 6.03 Å². The van der Waals surface area contributed by atoms with E-state index in [2.05, 4.69) is 17.4 Å². The maximum atomic E-state index is 11.9. The van der Waals surface area contributed by atoms with E-state index in [0.29, 0.717) is 5.69 Å². The molecule has 0 aliphatic rings. The Kier molecular flexibility index (Phi) is 4.40. The molecule has 0 saturated heterocycles. The molecule has 5 nitrogen and oxygen atoms in total. The van der Waals surface area contributed by atoms with Gasteiger partial charge < -0.3 is 10.2 Å². The number of nitrogens with one attached hydrogen (secondary N) is 1. The third kappa shape index (κ3) is 3.18. The van der Waals surface area contributed by atoms with Gasteiger partial charge in [-0.05, 0) is 41.1 Å². The molecular weight excluding hydrogens is 364 g/mol. The number of hydrogen-bond donors (Lipinski definition) is 1. The number of thiophene rings is 2. The first-order valence-corrected chi connectivity index (χ1v) is 9.75. The molecule has 0 spiro atoms. The molecule has 0 atom stereocenters. The molecule has 0 unspecified atom stereocenters. The van der Waals surface area contributed by atoms with Crippen molar-refractivity contribution in [2.75, 3.05) is 19.4 Å². The molecule has 3 heterocycles. The molecule has 0 saturated carbocycles. The number of nitrogens with zero attached hydrogens (tertiary/aromatic N) is 3. The Morgan fingerprint density at radius 1 is 0.923 bits per heavy atom. The van der Waals surface area contributed by atoms with Gasteiger partial charge in [-0.1, -0.05) is 12.1 Å². The van der Waals surface area contributed by atoms with Crippen LogP contribution in [0.3, 0.4) is 0 Å². The quantitative estimate of drug-likeness (QED) is 0.533. The Morgan fingerprint density at radius 2 is 1.54 bits per heavy atom. The van der Waals surface area contributed by atoms with Gasteiger partial charge in [0.15, 0.2) is 0 Å². The molecule has 0 radical (unpaired) electrons. The molecule has 0 fully saturated rings. The topological polar surface area (TPSA) is 58.1 Å². The number of aromatic nitrogens is 2. The zero-order valence-corrected chi connectivity index (χ0v) is 15.9. The van der Waals surface area contributed by atoms with E-state index in [0.717, 1.165) is 32.2 Å². The van der Waals surface area contributed by atoms with Crippen LogP contribution >= 0.6 is 22.7 Å². The Morgan fingerprint density at radius 3 is 2.08 bits per heavy atom. The molecule has 1 aromatic carbocycles. The van der Waals surface area contributed by atoms with Crippen LogP contribution in [-0.2, 0) is 0 Å². The molecule has 0 bridgehead atoms. The lowest BCUT2D eigenvalue weighted by molar-refractivity contribution is 0.230. The summed E-state index contributed by atoms with van der Waals surface area (Å²) in [6, 6.07) is 13.6. The molecule has 2 amide bonds. The average molecular weight is 380 g/mol. The lowest BCUT2D eigenvalue weighted by Crippen LogP contribution is -2.27. The van der Waals surface area contributed by atoms with Crippen LogP contribution in [0.2, 0.25) is 0 Å². The average Bonchev–Trinajstić information content (AvgIpc) is 3.34. The highest BCUT2D eigenvalue weighted by Gasteiger charge is 2.15. The van der Waals surface area contributed by atoms with Crippen molar-refractivity contribution in [3.8, 4) is 21.1 Å². The minimum atomic E-state index is -0.175. The summed E-state index contributed by atoms with van der Waals surface area (Å²) in [6.07, 6.45) is 0. The van der Waals surface area contributed by atoms with Crippen LogP contribution in [0.1, 0.15) is 0 Å². The largest absolute Gasteiger partial charge is 0.331 e. The third-order valence-corrected chi connectivity index (χ3v) is 5.58. The van der Waals surface area contributed by atoms with Crippen molar-refractivity contribution in [1.82, 2.24) is 14.9 Å². The summed E-state index contributed by atoms with van der Waals surface area (Å²) >= 11 is 3.29. The van der Waals surface area contributed by atoms with Crippen molar-refractivity contribution in [2.24, 2.45) is 0 Å². The summed E-state index contributed by atoms with van der Waals surface area (Å²) in [6.45, 7) is 0. The molecule has 4 rings (SSSR count). The van der Waals surface area contributed by atoms with E-state index in [9.17, 15) is 4.79 Å². The summed E-state index contributed by atoms with van der Waals surface area (Å²) in [5, 5.41) is 6.93. The van der Waals surface area contributed by atoms with E-state index in [4.69, 9.17) is 9.97 Å². The van der Waals surface area contributed by atoms with E-state index in [1.165, 1.54) is 4.90 Å². The maximum absolute atomic E-state index is 11.9. The van der Waals surface area contributed by atoms with Crippen LogP contribution in [-0.4, -0.2) is 35.0 Å². The van der Waals surface area contributed by atoms with Gasteiger partial charge in [0.2, 0.25) is 0 Å². The monoisotopic (exact) mass is 380 g/mol. The summed E-state index contributed by atoms with van der Waals surface area (Å²) in [5.41, 5.74) is 4.01. The van der Waals surface area contributed by atoms with E-state index in [1.807, 2.05) is 41.1 Å². The van der Waals surface area contributed by atoms with E-state index in [1.54, 1.807) is 36.8 Å². The standard InChI is InChI=1S/C19H16N4OS2/c1-23(2)19(24)20-12-7-8-13-14(11-12)22-18(16-6-4-10-26-16)17(21-13)15-5-3-9-25-15/h3-11H,1-2H3,(H,20,24). The Balaban J connectivity index is 1.85. The fourth-order valence-electron chi connectivity index (χ4n) is 2.54. The summed E-state index contributed by atoms with van der Waals surface area (Å²) < 4.78 is 0. The second-order valence-electron chi connectivity index (χ2n) is 5.90. The van der Waals surface area contributed by atoms with Crippen molar-refractivity contribution < 1.29 is 4.79 Å². The highest BCUT2D eigenvalue weighted by atomic mass is 32.1. The Labute approximate surface area is 159 Å². The predicted octanol–water partition coefficient (Wildman–Crippen LogP) is 5.18. The van der Waals surface area contributed by atoms with Crippen molar-refractivity contribution in [2.45, 2.75) is 0 Å². The second-order valence-corrected chi connectivity index (χ2v) is 7.80. The number of urea groups is 1. The highest BCUT2D eigenvalue weighted by molar-refractivity contribution is 7.14. The van der Waals surface area contributed by atoms with Gasteiger partial charge in [0.05, 0.1) is 20.8 Å². The smallest absolute Gasteiger partial charge is 0.321 e. The number of benzene rings is 1. The predicted molar refractivity (Wildman–Crippen MR) is 109 cm³/mol. The lowest BCUT2D eigenvalue weighted by Gasteiger charge is -2.13. The summed E-state index contributed by atoms with van der Waals surface area (Å²) in [4.78, 5) is 25.3. The van der Waals surface area contributed by atoms with Gasteiger partial charge in [0, 0.05) is 19.8 Å². The van der Waals surface area contributed by atoms with Crippen LogP contribution in [0.15, 0.2) is 53.2 Å². The van der Waals surface area contributed by atoms with Crippen LogP contribution in [0.25, 0.3) is 32.2 Å². The first kappa shape index (κ1) is 16.7. The lowest BCUT2D eigenvalue weighted by atomic mass is 10.2. The normalized spacial score (nSPS) is 10.8. The molecule has 3 aromatic heterocycles. The summed E-state index contributed by atoms with van der Waals surface area (Å²) in [7, 11) is 3.41. The van der Waals surface area contributed by atoms with Gasteiger partial charge in [-0.2, -0.15) is 0 Å². The van der Waals surface area contributed by atoms with Gasteiger partial charge in [0.1, 0.15) is 11.4 Å². The molecule has 7 heteroatoms. The third-order valence-electron chi connectivity index (χ3n) is 3.83.